The van der Waals surface area contributed by atoms with Crippen LogP contribution in [0.4, 0.5) is 0 Å². The normalized spacial score (nSPS) is 20.7. The topological polar surface area (TPSA) is 176 Å². The largest absolute Gasteiger partial charge is 0.379 e. The summed E-state index contributed by atoms with van der Waals surface area (Å²) < 4.78 is 12.0. The van der Waals surface area contributed by atoms with Crippen molar-refractivity contribution in [2.45, 2.75) is 123 Å². The van der Waals surface area contributed by atoms with Crippen molar-refractivity contribution < 1.29 is 33.4 Å². The van der Waals surface area contributed by atoms with E-state index in [4.69, 9.17) is 15.2 Å². The van der Waals surface area contributed by atoms with Gasteiger partial charge >= 0.3 is 0 Å². The number of likely N-dealkylation sites (tertiary alicyclic amines) is 1. The first-order valence-corrected chi connectivity index (χ1v) is 20.6. The Balaban J connectivity index is 1.77. The highest BCUT2D eigenvalue weighted by Crippen LogP contribution is 2.30. The molecule has 2 saturated heterocycles. The number of methoxy groups -OCH3 is 2. The maximum Gasteiger partial charge on any atom is 0.245 e. The summed E-state index contributed by atoms with van der Waals surface area (Å²) in [5.41, 5.74) is 6.55. The highest BCUT2D eigenvalue weighted by Gasteiger charge is 2.43. The number of nitrogens with zero attached hydrogens (tertiary/aromatic N) is 3. The Bertz CT molecular complexity index is 1420. The molecule has 0 aromatic heterocycles. The number of likely N-dealkylation sites (N-methyl/N-ethyl adjacent to an activating group) is 1. The van der Waals surface area contributed by atoms with Gasteiger partial charge in [-0.1, -0.05) is 85.2 Å². The quantitative estimate of drug-likeness (QED) is 0.146. The summed E-state index contributed by atoms with van der Waals surface area (Å²) in [6, 6.07) is 6.45. The lowest BCUT2D eigenvalue weighted by molar-refractivity contribution is -0.148. The minimum absolute atomic E-state index is 0.00852. The molecule has 2 unspecified atom stereocenters. The van der Waals surface area contributed by atoms with Crippen molar-refractivity contribution in [1.82, 2.24) is 30.7 Å². The number of carbonyl (C=O) groups excluding carboxylic acids is 5. The first-order valence-electron chi connectivity index (χ1n) is 20.6. The van der Waals surface area contributed by atoms with Crippen LogP contribution in [0, 0.1) is 23.7 Å². The molecule has 316 valence electrons. The maximum absolute atomic E-state index is 14.4. The smallest absolute Gasteiger partial charge is 0.245 e. The standard InChI is InChI=1S/C42H71N7O7/c1-11-28(6)37(47(8)42(54)35(26(2)3)46-41(53)36(27(4)5)48-22-19-44-20-23-48)33(55-9)25-34(50)49-21-15-18-32(49)38(56-10)29(7)40(52)45-31(39(43)51)24-30-16-13-12-14-17-30/h12-14,16-17,26-29,31-33,35-38,44H,11,15,18-25H2,1-10H3,(H2,43,51)(H,45,52)(H,46,53)/t28-,29+,31-,32?,33?,35-,36-,37-,38+/m0/s1. The highest BCUT2D eigenvalue weighted by atomic mass is 16.5. The number of ether oxygens (including phenoxy) is 2. The second-order valence-electron chi connectivity index (χ2n) is 16.4. The fraction of sp³-hybridized carbons (Fsp3) is 0.738. The lowest BCUT2D eigenvalue weighted by Crippen LogP contribution is -2.61. The van der Waals surface area contributed by atoms with Crippen molar-refractivity contribution >= 4 is 29.5 Å². The van der Waals surface area contributed by atoms with Crippen LogP contribution in [0.3, 0.4) is 0 Å². The number of nitrogens with one attached hydrogen (secondary N) is 3. The third kappa shape index (κ3) is 12.2. The summed E-state index contributed by atoms with van der Waals surface area (Å²) in [5.74, 6) is -2.42. The van der Waals surface area contributed by atoms with E-state index in [2.05, 4.69) is 20.9 Å². The third-order valence-electron chi connectivity index (χ3n) is 11.9. The zero-order valence-corrected chi connectivity index (χ0v) is 35.6. The van der Waals surface area contributed by atoms with E-state index in [0.717, 1.165) is 44.6 Å². The van der Waals surface area contributed by atoms with E-state index in [1.807, 2.05) is 71.9 Å². The van der Waals surface area contributed by atoms with Crippen LogP contribution < -0.4 is 21.7 Å². The van der Waals surface area contributed by atoms with Crippen molar-refractivity contribution in [3.05, 3.63) is 35.9 Å². The van der Waals surface area contributed by atoms with Gasteiger partial charge in [0.2, 0.25) is 29.5 Å². The summed E-state index contributed by atoms with van der Waals surface area (Å²) in [7, 11) is 4.83. The van der Waals surface area contributed by atoms with E-state index in [-0.39, 0.29) is 60.3 Å². The highest BCUT2D eigenvalue weighted by molar-refractivity contribution is 5.90. The van der Waals surface area contributed by atoms with Gasteiger partial charge in [-0.15, -0.1) is 0 Å². The Hall–Kier alpha value is -3.59. The van der Waals surface area contributed by atoms with Gasteiger partial charge in [0.15, 0.2) is 0 Å². The molecule has 2 fully saturated rings. The van der Waals surface area contributed by atoms with Crippen LogP contribution in [-0.2, 0) is 39.9 Å². The van der Waals surface area contributed by atoms with Gasteiger partial charge in [0.25, 0.3) is 0 Å². The number of hydrogen-bond acceptors (Lipinski definition) is 9. The first kappa shape index (κ1) is 46.8. The molecule has 0 saturated carbocycles. The molecule has 56 heavy (non-hydrogen) atoms. The van der Waals surface area contributed by atoms with Crippen molar-refractivity contribution in [2.75, 3.05) is 54.0 Å². The van der Waals surface area contributed by atoms with Gasteiger partial charge in [-0.25, -0.2) is 0 Å². The molecule has 14 heteroatoms. The predicted molar refractivity (Wildman–Crippen MR) is 217 cm³/mol. The molecule has 1 aromatic rings. The molecular formula is C42H71N7O7. The number of nitrogens with two attached hydrogens (primary N) is 1. The van der Waals surface area contributed by atoms with Crippen LogP contribution in [0.1, 0.15) is 79.7 Å². The molecule has 2 aliphatic rings. The van der Waals surface area contributed by atoms with Crippen molar-refractivity contribution in [3.63, 3.8) is 0 Å². The summed E-state index contributed by atoms with van der Waals surface area (Å²) in [5, 5.41) is 9.28. The zero-order chi connectivity index (χ0) is 41.7. The van der Waals surface area contributed by atoms with E-state index in [0.29, 0.717) is 13.0 Å². The number of amides is 5. The molecular weight excluding hydrogens is 715 g/mol. The molecule has 1 aromatic carbocycles. The van der Waals surface area contributed by atoms with Gasteiger partial charge in [-0.2, -0.15) is 0 Å². The van der Waals surface area contributed by atoms with E-state index in [1.165, 1.54) is 7.11 Å². The van der Waals surface area contributed by atoms with Crippen LogP contribution in [0.2, 0.25) is 0 Å². The summed E-state index contributed by atoms with van der Waals surface area (Å²) in [6.45, 7) is 17.4. The van der Waals surface area contributed by atoms with Gasteiger partial charge in [0.05, 0.1) is 42.7 Å². The lowest BCUT2D eigenvalue weighted by Gasteiger charge is -2.41. The van der Waals surface area contributed by atoms with Crippen LogP contribution >= 0.6 is 0 Å². The number of hydrogen-bond donors (Lipinski definition) is 4. The van der Waals surface area contributed by atoms with Crippen molar-refractivity contribution in [3.8, 4) is 0 Å². The molecule has 0 radical (unpaired) electrons. The second kappa shape index (κ2) is 22.4. The maximum atomic E-state index is 14.4. The van der Waals surface area contributed by atoms with Crippen LogP contribution in [-0.4, -0.2) is 141 Å². The number of primary amides is 1. The van der Waals surface area contributed by atoms with Crippen molar-refractivity contribution in [2.24, 2.45) is 29.4 Å². The zero-order valence-electron chi connectivity index (χ0n) is 35.6. The molecule has 2 aliphatic heterocycles. The second-order valence-corrected chi connectivity index (χ2v) is 16.4. The van der Waals surface area contributed by atoms with Gasteiger partial charge in [0, 0.05) is 60.4 Å². The van der Waals surface area contributed by atoms with Gasteiger partial charge in [-0.3, -0.25) is 28.9 Å². The SMILES string of the molecule is CC[C@H](C)[C@@H](C(CC(=O)N1CCCC1[C@H](OC)[C@@H](C)C(=O)N[C@@H](Cc1ccccc1)C(N)=O)OC)N(C)C(=O)[C@@H](NC(=O)[C@H](C(C)C)N1CCNCC1)C(C)C. The molecule has 0 aliphatic carbocycles. The molecule has 0 bridgehead atoms. The molecule has 2 heterocycles. The molecule has 9 atom stereocenters. The average Bonchev–Trinajstić information content (AvgIpc) is 3.66. The Morgan fingerprint density at radius 3 is 2.09 bits per heavy atom. The Kier molecular flexibility index (Phi) is 18.7. The van der Waals surface area contributed by atoms with Gasteiger partial charge in [0.1, 0.15) is 12.1 Å². The van der Waals surface area contributed by atoms with Crippen LogP contribution in [0.15, 0.2) is 30.3 Å². The summed E-state index contributed by atoms with van der Waals surface area (Å²) in [4.78, 5) is 74.1. The van der Waals surface area contributed by atoms with E-state index >= 15 is 0 Å². The number of carbonyl (C=O) groups is 5. The van der Waals surface area contributed by atoms with E-state index in [9.17, 15) is 24.0 Å². The Labute approximate surface area is 335 Å². The first-order chi connectivity index (χ1) is 26.6. The molecule has 0 spiro atoms. The lowest BCUT2D eigenvalue weighted by atomic mass is 9.89. The summed E-state index contributed by atoms with van der Waals surface area (Å²) >= 11 is 0. The minimum Gasteiger partial charge on any atom is -0.379 e. The fourth-order valence-electron chi connectivity index (χ4n) is 8.50. The van der Waals surface area contributed by atoms with Gasteiger partial charge in [-0.05, 0) is 36.2 Å². The number of benzene rings is 1. The molecule has 14 nitrogen and oxygen atoms in total. The van der Waals surface area contributed by atoms with E-state index in [1.54, 1.807) is 30.9 Å². The number of piperazine rings is 1. The molecule has 3 rings (SSSR count). The summed E-state index contributed by atoms with van der Waals surface area (Å²) in [6.07, 6.45) is 1.08. The molecule has 5 amide bonds. The Morgan fingerprint density at radius 2 is 1.55 bits per heavy atom. The number of rotatable bonds is 21. The monoisotopic (exact) mass is 786 g/mol. The predicted octanol–water partition coefficient (Wildman–Crippen LogP) is 2.19. The van der Waals surface area contributed by atoms with Crippen LogP contribution in [0.25, 0.3) is 0 Å². The third-order valence-corrected chi connectivity index (χ3v) is 11.9. The fourth-order valence-corrected chi connectivity index (χ4v) is 8.50. The van der Waals surface area contributed by atoms with E-state index < -0.39 is 48.2 Å². The molecule has 5 N–H and O–H groups in total. The van der Waals surface area contributed by atoms with Crippen molar-refractivity contribution in [1.29, 1.82) is 0 Å². The van der Waals surface area contributed by atoms with Gasteiger partial charge < -0.3 is 41.0 Å². The average molecular weight is 786 g/mol. The Morgan fingerprint density at radius 1 is 0.911 bits per heavy atom. The van der Waals surface area contributed by atoms with Crippen LogP contribution in [0.5, 0.6) is 0 Å². The minimum atomic E-state index is -0.904.